The summed E-state index contributed by atoms with van der Waals surface area (Å²) in [5.74, 6) is -0.927. The summed E-state index contributed by atoms with van der Waals surface area (Å²) < 4.78 is 1.05. The summed E-state index contributed by atoms with van der Waals surface area (Å²) in [5, 5.41) is 13.4. The number of halogens is 1. The molecule has 0 aliphatic carbocycles. The van der Waals surface area contributed by atoms with Gasteiger partial charge >= 0.3 is 5.97 Å². The molecule has 1 N–H and O–H groups in total. The maximum absolute atomic E-state index is 10.3. The lowest BCUT2D eigenvalue weighted by atomic mass is 10.3. The maximum Gasteiger partial charge on any atom is 0.327 e. The van der Waals surface area contributed by atoms with Crippen molar-refractivity contribution in [1.82, 2.24) is 4.98 Å². The molecule has 0 saturated heterocycles. The van der Waals surface area contributed by atoms with Crippen molar-refractivity contribution < 1.29 is 9.90 Å². The van der Waals surface area contributed by atoms with Crippen LogP contribution in [0.3, 0.4) is 0 Å². The normalized spacial score (nSPS) is 11.1. The second-order valence-corrected chi connectivity index (χ2v) is 5.97. The molecule has 17 heavy (non-hydrogen) atoms. The minimum atomic E-state index is -0.927. The summed E-state index contributed by atoms with van der Waals surface area (Å²) in [4.78, 5) is 15.9. The molecule has 2 rings (SSSR count). The topological polar surface area (TPSA) is 50.2 Å². The van der Waals surface area contributed by atoms with Crippen molar-refractivity contribution in [2.75, 3.05) is 0 Å². The molecule has 2 aromatic rings. The summed E-state index contributed by atoms with van der Waals surface area (Å²) in [5.41, 5.74) is 0.949. The fourth-order valence-electron chi connectivity index (χ4n) is 1.23. The standard InChI is InChI=1S/C11H8BrNO2S2/c12-7-4-9(16-5-7)8-6-17-10(13-8)2-1-3-11(14)15/h1,3-6H,2H2,(H,14,15)/b3-1+. The predicted octanol–water partition coefficient (Wildman–Crippen LogP) is 3.82. The highest BCUT2D eigenvalue weighted by molar-refractivity contribution is 9.10. The van der Waals surface area contributed by atoms with E-state index in [-0.39, 0.29) is 0 Å². The van der Waals surface area contributed by atoms with E-state index in [4.69, 9.17) is 5.11 Å². The van der Waals surface area contributed by atoms with Crippen LogP contribution in [0.2, 0.25) is 0 Å². The van der Waals surface area contributed by atoms with Crippen molar-refractivity contribution in [3.05, 3.63) is 38.5 Å². The average Bonchev–Trinajstić information content (AvgIpc) is 2.86. The van der Waals surface area contributed by atoms with Gasteiger partial charge in [0.2, 0.25) is 0 Å². The van der Waals surface area contributed by atoms with Crippen molar-refractivity contribution >= 4 is 44.6 Å². The summed E-state index contributed by atoms with van der Waals surface area (Å²) in [7, 11) is 0. The molecular weight excluding hydrogens is 322 g/mol. The van der Waals surface area contributed by atoms with Gasteiger partial charge in [-0.05, 0) is 22.0 Å². The molecule has 2 heterocycles. The fourth-order valence-corrected chi connectivity index (χ4v) is 3.46. The maximum atomic E-state index is 10.3. The third kappa shape index (κ3) is 3.49. The van der Waals surface area contributed by atoms with Crippen LogP contribution >= 0.6 is 38.6 Å². The van der Waals surface area contributed by atoms with E-state index in [2.05, 4.69) is 20.9 Å². The first kappa shape index (κ1) is 12.5. The van der Waals surface area contributed by atoms with E-state index in [9.17, 15) is 4.79 Å². The molecular formula is C11H8BrNO2S2. The Balaban J connectivity index is 2.08. The number of carboxylic acids is 1. The van der Waals surface area contributed by atoms with Crippen LogP contribution in [-0.4, -0.2) is 16.1 Å². The van der Waals surface area contributed by atoms with E-state index in [1.54, 1.807) is 28.7 Å². The molecule has 0 spiro atoms. The Kier molecular flexibility index (Phi) is 4.09. The van der Waals surface area contributed by atoms with Gasteiger partial charge in [-0.15, -0.1) is 22.7 Å². The van der Waals surface area contributed by atoms with Gasteiger partial charge < -0.3 is 5.11 Å². The number of rotatable bonds is 4. The molecule has 0 aliphatic heterocycles. The Bertz CT molecular complexity index is 559. The van der Waals surface area contributed by atoms with Gasteiger partial charge in [-0.2, -0.15) is 0 Å². The minimum absolute atomic E-state index is 0.559. The summed E-state index contributed by atoms with van der Waals surface area (Å²) in [6.45, 7) is 0. The summed E-state index contributed by atoms with van der Waals surface area (Å²) in [6, 6.07) is 2.02. The van der Waals surface area contributed by atoms with Gasteiger partial charge in [0.05, 0.1) is 15.6 Å². The second-order valence-electron chi connectivity index (χ2n) is 3.20. The number of carbonyl (C=O) groups is 1. The highest BCUT2D eigenvalue weighted by Crippen LogP contribution is 2.30. The number of aliphatic carboxylic acids is 1. The fraction of sp³-hybridized carbons (Fsp3) is 0.0909. The van der Waals surface area contributed by atoms with E-state index >= 15 is 0 Å². The Labute approximate surface area is 115 Å². The molecule has 0 aliphatic rings. The van der Waals surface area contributed by atoms with Crippen molar-refractivity contribution in [3.8, 4) is 10.6 Å². The number of thiazole rings is 1. The van der Waals surface area contributed by atoms with E-state index in [1.807, 2.05) is 16.8 Å². The van der Waals surface area contributed by atoms with Crippen LogP contribution in [0.5, 0.6) is 0 Å². The smallest absolute Gasteiger partial charge is 0.327 e. The molecule has 0 amide bonds. The molecule has 0 bridgehead atoms. The van der Waals surface area contributed by atoms with Gasteiger partial charge in [-0.3, -0.25) is 0 Å². The zero-order valence-electron chi connectivity index (χ0n) is 8.59. The van der Waals surface area contributed by atoms with Crippen molar-refractivity contribution in [2.45, 2.75) is 6.42 Å². The third-order valence-corrected chi connectivity index (χ3v) is 4.51. The van der Waals surface area contributed by atoms with Gasteiger partial charge in [-0.1, -0.05) is 6.08 Å². The van der Waals surface area contributed by atoms with Crippen LogP contribution in [0.1, 0.15) is 5.01 Å². The number of aromatic nitrogens is 1. The summed E-state index contributed by atoms with van der Waals surface area (Å²) in [6.07, 6.45) is 3.31. The lowest BCUT2D eigenvalue weighted by Crippen LogP contribution is -1.87. The Morgan fingerprint density at radius 2 is 2.29 bits per heavy atom. The Morgan fingerprint density at radius 1 is 1.47 bits per heavy atom. The third-order valence-electron chi connectivity index (χ3n) is 1.92. The highest BCUT2D eigenvalue weighted by Gasteiger charge is 2.05. The van der Waals surface area contributed by atoms with Gasteiger partial charge in [0.15, 0.2) is 0 Å². The van der Waals surface area contributed by atoms with Crippen LogP contribution in [0.4, 0.5) is 0 Å². The van der Waals surface area contributed by atoms with Crippen molar-refractivity contribution in [2.24, 2.45) is 0 Å². The largest absolute Gasteiger partial charge is 0.478 e. The Hall–Kier alpha value is -0.980. The SMILES string of the molecule is O=C(O)/C=C/Cc1nc(-c2cc(Br)cs2)cs1. The molecule has 0 radical (unpaired) electrons. The monoisotopic (exact) mass is 329 g/mol. The number of thiophene rings is 1. The van der Waals surface area contributed by atoms with E-state index in [1.165, 1.54) is 0 Å². The molecule has 3 nitrogen and oxygen atoms in total. The van der Waals surface area contributed by atoms with Crippen LogP contribution < -0.4 is 0 Å². The lowest BCUT2D eigenvalue weighted by Gasteiger charge is -1.88. The van der Waals surface area contributed by atoms with E-state index in [0.717, 1.165) is 26.1 Å². The quantitative estimate of drug-likeness (QED) is 0.867. The number of nitrogens with zero attached hydrogens (tertiary/aromatic N) is 1. The molecule has 0 atom stereocenters. The highest BCUT2D eigenvalue weighted by atomic mass is 79.9. The van der Waals surface area contributed by atoms with Gasteiger partial charge in [0, 0.05) is 27.7 Å². The first-order valence-electron chi connectivity index (χ1n) is 4.73. The Morgan fingerprint density at radius 3 is 2.94 bits per heavy atom. The van der Waals surface area contributed by atoms with Crippen molar-refractivity contribution in [1.29, 1.82) is 0 Å². The first-order chi connectivity index (χ1) is 8.15. The summed E-state index contributed by atoms with van der Waals surface area (Å²) >= 11 is 6.57. The van der Waals surface area contributed by atoms with Crippen LogP contribution in [0, 0.1) is 0 Å². The van der Waals surface area contributed by atoms with E-state index < -0.39 is 5.97 Å². The van der Waals surface area contributed by atoms with Gasteiger partial charge in [0.1, 0.15) is 0 Å². The molecule has 0 unspecified atom stereocenters. The molecule has 0 fully saturated rings. The number of carboxylic acid groups (broad SMARTS) is 1. The number of hydrogen-bond donors (Lipinski definition) is 1. The molecule has 6 heteroatoms. The molecule has 0 aromatic carbocycles. The van der Waals surface area contributed by atoms with Crippen LogP contribution in [0.25, 0.3) is 10.6 Å². The number of allylic oxidation sites excluding steroid dienone is 1. The van der Waals surface area contributed by atoms with Gasteiger partial charge in [0.25, 0.3) is 0 Å². The lowest BCUT2D eigenvalue weighted by molar-refractivity contribution is -0.131. The average molecular weight is 330 g/mol. The minimum Gasteiger partial charge on any atom is -0.478 e. The number of hydrogen-bond acceptors (Lipinski definition) is 4. The zero-order chi connectivity index (χ0) is 12.3. The van der Waals surface area contributed by atoms with Crippen LogP contribution in [-0.2, 0) is 11.2 Å². The molecule has 0 saturated carbocycles. The van der Waals surface area contributed by atoms with Gasteiger partial charge in [-0.25, -0.2) is 9.78 Å². The second kappa shape index (κ2) is 5.57. The molecule has 2 aromatic heterocycles. The van der Waals surface area contributed by atoms with Crippen molar-refractivity contribution in [3.63, 3.8) is 0 Å². The molecule has 88 valence electrons. The first-order valence-corrected chi connectivity index (χ1v) is 7.28. The van der Waals surface area contributed by atoms with E-state index in [0.29, 0.717) is 6.42 Å². The van der Waals surface area contributed by atoms with Crippen LogP contribution in [0.15, 0.2) is 33.5 Å². The zero-order valence-corrected chi connectivity index (χ0v) is 11.8. The predicted molar refractivity (Wildman–Crippen MR) is 73.6 cm³/mol.